The SMILES string of the molecule is CCc1nn(C)cc1Nc1nc2cc([N+](=O)[O-])ccc2o1. The third kappa shape index (κ3) is 2.42. The highest BCUT2D eigenvalue weighted by molar-refractivity contribution is 5.78. The zero-order valence-electron chi connectivity index (χ0n) is 11.5. The molecule has 0 unspecified atom stereocenters. The number of non-ortho nitro benzene ring substituents is 1. The number of hydrogen-bond donors (Lipinski definition) is 1. The maximum atomic E-state index is 10.7. The van der Waals surface area contributed by atoms with Crippen LogP contribution in [0.1, 0.15) is 12.6 Å². The molecule has 8 nitrogen and oxygen atoms in total. The second kappa shape index (κ2) is 4.89. The smallest absolute Gasteiger partial charge is 0.300 e. The molecule has 108 valence electrons. The van der Waals surface area contributed by atoms with Gasteiger partial charge in [0, 0.05) is 25.4 Å². The van der Waals surface area contributed by atoms with Crippen molar-refractivity contribution >= 4 is 28.5 Å². The number of hydrogen-bond acceptors (Lipinski definition) is 6. The Kier molecular flexibility index (Phi) is 3.05. The van der Waals surface area contributed by atoms with Gasteiger partial charge in [-0.2, -0.15) is 10.1 Å². The average molecular weight is 287 g/mol. The van der Waals surface area contributed by atoms with Crippen molar-refractivity contribution in [2.24, 2.45) is 7.05 Å². The molecule has 0 bridgehead atoms. The number of nitro benzene ring substituents is 1. The molecule has 0 fully saturated rings. The summed E-state index contributed by atoms with van der Waals surface area (Å²) in [4.78, 5) is 14.5. The van der Waals surface area contributed by atoms with Crippen molar-refractivity contribution < 1.29 is 9.34 Å². The standard InChI is InChI=1S/C13H13N5O3/c1-3-9-11(7-17(2)16-9)15-13-14-10-6-8(18(19)20)4-5-12(10)21-13/h4-7H,3H2,1-2H3,(H,14,15). The first kappa shape index (κ1) is 13.1. The van der Waals surface area contributed by atoms with Crippen molar-refractivity contribution in [2.45, 2.75) is 13.3 Å². The van der Waals surface area contributed by atoms with E-state index >= 15 is 0 Å². The molecular formula is C13H13N5O3. The van der Waals surface area contributed by atoms with Crippen LogP contribution in [0.3, 0.4) is 0 Å². The van der Waals surface area contributed by atoms with E-state index in [1.54, 1.807) is 4.68 Å². The van der Waals surface area contributed by atoms with E-state index < -0.39 is 4.92 Å². The molecule has 0 aliphatic carbocycles. The van der Waals surface area contributed by atoms with Crippen molar-refractivity contribution in [3.05, 3.63) is 40.2 Å². The van der Waals surface area contributed by atoms with Crippen LogP contribution < -0.4 is 5.32 Å². The highest BCUT2D eigenvalue weighted by Gasteiger charge is 2.13. The lowest BCUT2D eigenvalue weighted by molar-refractivity contribution is -0.384. The lowest BCUT2D eigenvalue weighted by atomic mass is 10.3. The molecule has 3 aromatic rings. The second-order valence-corrected chi connectivity index (χ2v) is 4.57. The van der Waals surface area contributed by atoms with Crippen LogP contribution in [0, 0.1) is 10.1 Å². The van der Waals surface area contributed by atoms with Gasteiger partial charge in [0.15, 0.2) is 5.58 Å². The van der Waals surface area contributed by atoms with Crippen LogP contribution in [0.25, 0.3) is 11.1 Å². The molecule has 8 heteroatoms. The summed E-state index contributed by atoms with van der Waals surface area (Å²) in [5, 5.41) is 18.1. The topological polar surface area (TPSA) is 99.0 Å². The lowest BCUT2D eigenvalue weighted by Crippen LogP contribution is -1.93. The predicted molar refractivity (Wildman–Crippen MR) is 76.5 cm³/mol. The number of rotatable bonds is 4. The van der Waals surface area contributed by atoms with Crippen LogP contribution in [0.15, 0.2) is 28.8 Å². The normalized spacial score (nSPS) is 11.0. The van der Waals surface area contributed by atoms with E-state index in [0.29, 0.717) is 11.1 Å². The van der Waals surface area contributed by atoms with Crippen molar-refractivity contribution in [1.82, 2.24) is 14.8 Å². The average Bonchev–Trinajstić information content (AvgIpc) is 3.00. The van der Waals surface area contributed by atoms with Crippen LogP contribution in [0.5, 0.6) is 0 Å². The summed E-state index contributed by atoms with van der Waals surface area (Å²) in [5.74, 6) is 0. The fraction of sp³-hybridized carbons (Fsp3) is 0.231. The Morgan fingerprint density at radius 1 is 1.48 bits per heavy atom. The Hall–Kier alpha value is -2.90. The molecule has 21 heavy (non-hydrogen) atoms. The zero-order valence-corrected chi connectivity index (χ0v) is 11.5. The van der Waals surface area contributed by atoms with Crippen LogP contribution in [-0.2, 0) is 13.5 Å². The number of fused-ring (bicyclic) bond motifs is 1. The van der Waals surface area contributed by atoms with Gasteiger partial charge in [0.05, 0.1) is 16.3 Å². The number of nitrogens with one attached hydrogen (secondary N) is 1. The summed E-state index contributed by atoms with van der Waals surface area (Å²) in [7, 11) is 1.83. The van der Waals surface area contributed by atoms with Gasteiger partial charge in [-0.1, -0.05) is 6.92 Å². The molecule has 0 atom stereocenters. The fourth-order valence-corrected chi connectivity index (χ4v) is 2.10. The van der Waals surface area contributed by atoms with Crippen LogP contribution in [0.4, 0.5) is 17.4 Å². The first-order valence-corrected chi connectivity index (χ1v) is 6.41. The molecule has 0 saturated carbocycles. The number of anilines is 2. The molecule has 0 amide bonds. The maximum absolute atomic E-state index is 10.7. The molecule has 2 aromatic heterocycles. The largest absolute Gasteiger partial charge is 0.423 e. The number of aromatic nitrogens is 3. The molecule has 3 rings (SSSR count). The van der Waals surface area contributed by atoms with Crippen LogP contribution in [-0.4, -0.2) is 19.7 Å². The van der Waals surface area contributed by atoms with E-state index in [9.17, 15) is 10.1 Å². The van der Waals surface area contributed by atoms with Crippen molar-refractivity contribution in [3.8, 4) is 0 Å². The predicted octanol–water partition coefficient (Wildman–Crippen LogP) is 2.78. The minimum Gasteiger partial charge on any atom is -0.423 e. The molecular weight excluding hydrogens is 274 g/mol. The maximum Gasteiger partial charge on any atom is 0.300 e. The Labute approximate surface area is 119 Å². The Morgan fingerprint density at radius 3 is 3.00 bits per heavy atom. The quantitative estimate of drug-likeness (QED) is 0.585. The third-order valence-corrected chi connectivity index (χ3v) is 3.06. The van der Waals surface area contributed by atoms with E-state index in [0.717, 1.165) is 17.8 Å². The van der Waals surface area contributed by atoms with Gasteiger partial charge in [0.25, 0.3) is 11.7 Å². The molecule has 1 aromatic carbocycles. The van der Waals surface area contributed by atoms with Gasteiger partial charge < -0.3 is 9.73 Å². The van der Waals surface area contributed by atoms with Crippen molar-refractivity contribution in [2.75, 3.05) is 5.32 Å². The number of nitro groups is 1. The summed E-state index contributed by atoms with van der Waals surface area (Å²) >= 11 is 0. The molecule has 2 heterocycles. The Balaban J connectivity index is 1.95. The Morgan fingerprint density at radius 2 is 2.29 bits per heavy atom. The number of benzene rings is 1. The summed E-state index contributed by atoms with van der Waals surface area (Å²) in [6.07, 6.45) is 2.60. The summed E-state index contributed by atoms with van der Waals surface area (Å²) in [6, 6.07) is 4.59. The van der Waals surface area contributed by atoms with Gasteiger partial charge in [0.2, 0.25) is 0 Å². The van der Waals surface area contributed by atoms with Gasteiger partial charge in [0.1, 0.15) is 5.52 Å². The van der Waals surface area contributed by atoms with Gasteiger partial charge >= 0.3 is 0 Å². The van der Waals surface area contributed by atoms with Gasteiger partial charge in [-0.3, -0.25) is 14.8 Å². The van der Waals surface area contributed by atoms with E-state index in [1.165, 1.54) is 18.2 Å². The van der Waals surface area contributed by atoms with Crippen LogP contribution >= 0.6 is 0 Å². The molecule has 1 N–H and O–H groups in total. The van der Waals surface area contributed by atoms with Gasteiger partial charge in [-0.25, -0.2) is 0 Å². The van der Waals surface area contributed by atoms with Crippen LogP contribution in [0.2, 0.25) is 0 Å². The number of nitrogens with zero attached hydrogens (tertiary/aromatic N) is 4. The van der Waals surface area contributed by atoms with Gasteiger partial charge in [-0.05, 0) is 12.5 Å². The van der Waals surface area contributed by atoms with E-state index in [-0.39, 0.29) is 11.7 Å². The fourth-order valence-electron chi connectivity index (χ4n) is 2.10. The van der Waals surface area contributed by atoms with Crippen molar-refractivity contribution in [3.63, 3.8) is 0 Å². The number of oxazole rings is 1. The highest BCUT2D eigenvalue weighted by atomic mass is 16.6. The lowest BCUT2D eigenvalue weighted by Gasteiger charge is -1.98. The summed E-state index contributed by atoms with van der Waals surface area (Å²) in [5.41, 5.74) is 2.61. The highest BCUT2D eigenvalue weighted by Crippen LogP contribution is 2.26. The molecule has 0 spiro atoms. The van der Waals surface area contributed by atoms with E-state index in [1.807, 2.05) is 20.2 Å². The minimum atomic E-state index is -0.461. The zero-order chi connectivity index (χ0) is 15.0. The van der Waals surface area contributed by atoms with Gasteiger partial charge in [-0.15, -0.1) is 0 Å². The first-order chi connectivity index (χ1) is 10.1. The summed E-state index contributed by atoms with van der Waals surface area (Å²) < 4.78 is 7.24. The monoisotopic (exact) mass is 287 g/mol. The van der Waals surface area contributed by atoms with Crippen molar-refractivity contribution in [1.29, 1.82) is 0 Å². The van der Waals surface area contributed by atoms with E-state index in [2.05, 4.69) is 15.4 Å². The Bertz CT molecular complexity index is 820. The molecule has 0 aliphatic heterocycles. The minimum absolute atomic E-state index is 0.0158. The first-order valence-electron chi connectivity index (χ1n) is 6.41. The second-order valence-electron chi connectivity index (χ2n) is 4.57. The number of aryl methyl sites for hydroxylation is 2. The third-order valence-electron chi connectivity index (χ3n) is 3.06. The summed E-state index contributed by atoms with van der Waals surface area (Å²) in [6.45, 7) is 2.00. The molecule has 0 radical (unpaired) electrons. The van der Waals surface area contributed by atoms with E-state index in [4.69, 9.17) is 4.42 Å². The molecule has 0 saturated heterocycles. The molecule has 0 aliphatic rings.